The summed E-state index contributed by atoms with van der Waals surface area (Å²) < 4.78 is 5.26. The van der Waals surface area contributed by atoms with Crippen LogP contribution in [0.3, 0.4) is 0 Å². The Morgan fingerprint density at radius 1 is 1.42 bits per heavy atom. The molecule has 0 saturated heterocycles. The number of carboxylic acid groups (broad SMARTS) is 1. The summed E-state index contributed by atoms with van der Waals surface area (Å²) in [4.78, 5) is 14.7. The van der Waals surface area contributed by atoms with E-state index >= 15 is 0 Å². The minimum Gasteiger partial charge on any atom is -0.481 e. The van der Waals surface area contributed by atoms with E-state index in [1.165, 1.54) is 0 Å². The van der Waals surface area contributed by atoms with Crippen molar-refractivity contribution in [3.05, 3.63) is 30.5 Å². The predicted molar refractivity (Wildman–Crippen MR) is 70.0 cm³/mol. The number of benzene rings is 1. The molecule has 0 bridgehead atoms. The second-order valence-corrected chi connectivity index (χ2v) is 4.76. The van der Waals surface area contributed by atoms with E-state index in [4.69, 9.17) is 9.52 Å². The standard InChI is InChI=1S/C12H9N3O3S/c16-10(17)6-19-12-13-11(14-15-12)8-1-2-9-7(5-8)3-4-18-9/h1-5H,6H2,(H,16,17)(H,13,14,15). The van der Waals surface area contributed by atoms with Gasteiger partial charge in [-0.25, -0.2) is 4.98 Å². The molecule has 0 aliphatic heterocycles. The third-order valence-electron chi connectivity index (χ3n) is 2.52. The minimum absolute atomic E-state index is 0.0575. The van der Waals surface area contributed by atoms with Gasteiger partial charge in [0.05, 0.1) is 12.0 Å². The Kier molecular flexibility index (Phi) is 2.96. The maximum absolute atomic E-state index is 10.5. The van der Waals surface area contributed by atoms with Crippen LogP contribution in [-0.2, 0) is 4.79 Å². The molecule has 0 atom stereocenters. The molecule has 0 fully saturated rings. The van der Waals surface area contributed by atoms with Gasteiger partial charge in [-0.15, -0.1) is 5.10 Å². The molecule has 3 aromatic rings. The highest BCUT2D eigenvalue weighted by Gasteiger charge is 2.09. The molecule has 0 aliphatic carbocycles. The van der Waals surface area contributed by atoms with Crippen molar-refractivity contribution < 1.29 is 14.3 Å². The molecular weight excluding hydrogens is 266 g/mol. The first-order valence-electron chi connectivity index (χ1n) is 5.47. The summed E-state index contributed by atoms with van der Waals surface area (Å²) in [6, 6.07) is 7.54. The van der Waals surface area contributed by atoms with Gasteiger partial charge >= 0.3 is 5.97 Å². The summed E-state index contributed by atoms with van der Waals surface area (Å²) in [6.07, 6.45) is 1.63. The molecule has 1 aromatic carbocycles. The van der Waals surface area contributed by atoms with Crippen molar-refractivity contribution >= 4 is 28.7 Å². The van der Waals surface area contributed by atoms with Crippen molar-refractivity contribution in [2.45, 2.75) is 5.16 Å². The topological polar surface area (TPSA) is 92.0 Å². The molecule has 2 heterocycles. The van der Waals surface area contributed by atoms with Gasteiger partial charge in [0.2, 0.25) is 5.16 Å². The van der Waals surface area contributed by atoms with Crippen LogP contribution in [0.25, 0.3) is 22.4 Å². The van der Waals surface area contributed by atoms with Gasteiger partial charge in [-0.1, -0.05) is 11.8 Å². The van der Waals surface area contributed by atoms with Crippen LogP contribution in [0, 0.1) is 0 Å². The average molecular weight is 275 g/mol. The number of hydrogen-bond donors (Lipinski definition) is 2. The Morgan fingerprint density at radius 2 is 2.32 bits per heavy atom. The molecular formula is C12H9N3O3S. The van der Waals surface area contributed by atoms with E-state index in [0.717, 1.165) is 28.3 Å². The van der Waals surface area contributed by atoms with E-state index in [1.54, 1.807) is 6.26 Å². The smallest absolute Gasteiger partial charge is 0.313 e. The van der Waals surface area contributed by atoms with Crippen LogP contribution in [0.1, 0.15) is 0 Å². The zero-order chi connectivity index (χ0) is 13.2. The Morgan fingerprint density at radius 3 is 3.16 bits per heavy atom. The number of fused-ring (bicyclic) bond motifs is 1. The molecule has 0 radical (unpaired) electrons. The largest absolute Gasteiger partial charge is 0.481 e. The molecule has 3 rings (SSSR count). The van der Waals surface area contributed by atoms with Crippen LogP contribution in [0.5, 0.6) is 0 Å². The van der Waals surface area contributed by atoms with Crippen molar-refractivity contribution in [2.24, 2.45) is 0 Å². The molecule has 6 nitrogen and oxygen atoms in total. The number of H-pyrrole nitrogens is 1. The summed E-state index contributed by atoms with van der Waals surface area (Å²) >= 11 is 1.08. The summed E-state index contributed by atoms with van der Waals surface area (Å²) in [7, 11) is 0. The second-order valence-electron chi connectivity index (χ2n) is 3.82. The lowest BCUT2D eigenvalue weighted by molar-refractivity contribution is -0.133. The normalized spacial score (nSPS) is 10.9. The van der Waals surface area contributed by atoms with Crippen LogP contribution < -0.4 is 0 Å². The number of carboxylic acids is 1. The fourth-order valence-electron chi connectivity index (χ4n) is 1.68. The molecule has 0 unspecified atom stereocenters. The van der Waals surface area contributed by atoms with Gasteiger partial charge in [0.15, 0.2) is 5.82 Å². The third-order valence-corrected chi connectivity index (χ3v) is 3.35. The highest BCUT2D eigenvalue weighted by Crippen LogP contribution is 2.24. The number of aromatic amines is 1. The molecule has 0 spiro atoms. The molecule has 2 aromatic heterocycles. The van der Waals surface area contributed by atoms with Crippen LogP contribution in [0.15, 0.2) is 40.1 Å². The van der Waals surface area contributed by atoms with Crippen molar-refractivity contribution in [2.75, 3.05) is 5.75 Å². The van der Waals surface area contributed by atoms with E-state index < -0.39 is 5.97 Å². The molecule has 0 amide bonds. The lowest BCUT2D eigenvalue weighted by atomic mass is 10.1. The molecule has 0 aliphatic rings. The van der Waals surface area contributed by atoms with E-state index in [-0.39, 0.29) is 5.75 Å². The quantitative estimate of drug-likeness (QED) is 0.710. The van der Waals surface area contributed by atoms with E-state index in [1.807, 2.05) is 24.3 Å². The van der Waals surface area contributed by atoms with Crippen LogP contribution in [0.2, 0.25) is 0 Å². The second kappa shape index (κ2) is 4.77. The van der Waals surface area contributed by atoms with Gasteiger partial charge in [0.1, 0.15) is 5.58 Å². The first-order valence-corrected chi connectivity index (χ1v) is 6.45. The van der Waals surface area contributed by atoms with E-state index in [0.29, 0.717) is 11.0 Å². The molecule has 96 valence electrons. The van der Waals surface area contributed by atoms with Crippen molar-refractivity contribution in [3.63, 3.8) is 0 Å². The number of hydrogen-bond acceptors (Lipinski definition) is 5. The highest BCUT2D eigenvalue weighted by molar-refractivity contribution is 7.99. The number of aromatic nitrogens is 3. The van der Waals surface area contributed by atoms with E-state index in [9.17, 15) is 4.79 Å². The number of carbonyl (C=O) groups is 1. The van der Waals surface area contributed by atoms with Crippen LogP contribution in [-0.4, -0.2) is 32.0 Å². The van der Waals surface area contributed by atoms with Crippen molar-refractivity contribution in [1.29, 1.82) is 0 Å². The third kappa shape index (κ3) is 2.45. The number of furan rings is 1. The van der Waals surface area contributed by atoms with Gasteiger partial charge in [-0.2, -0.15) is 0 Å². The van der Waals surface area contributed by atoms with Crippen molar-refractivity contribution in [3.8, 4) is 11.4 Å². The minimum atomic E-state index is -0.892. The number of aliphatic carboxylic acids is 1. The fourth-order valence-corrected chi connectivity index (χ4v) is 2.20. The zero-order valence-electron chi connectivity index (χ0n) is 9.66. The van der Waals surface area contributed by atoms with Gasteiger partial charge in [0.25, 0.3) is 0 Å². The molecule has 19 heavy (non-hydrogen) atoms. The molecule has 7 heteroatoms. The Hall–Kier alpha value is -2.28. The summed E-state index contributed by atoms with van der Waals surface area (Å²) in [5.41, 5.74) is 1.69. The lowest BCUT2D eigenvalue weighted by Crippen LogP contribution is -1.97. The predicted octanol–water partition coefficient (Wildman–Crippen LogP) is 2.39. The molecule has 2 N–H and O–H groups in total. The average Bonchev–Trinajstić information content (AvgIpc) is 3.04. The summed E-state index contributed by atoms with van der Waals surface area (Å²) in [5.74, 6) is -0.343. The monoisotopic (exact) mass is 275 g/mol. The van der Waals surface area contributed by atoms with Crippen molar-refractivity contribution in [1.82, 2.24) is 15.2 Å². The zero-order valence-corrected chi connectivity index (χ0v) is 10.5. The number of nitrogens with one attached hydrogen (secondary N) is 1. The highest BCUT2D eigenvalue weighted by atomic mass is 32.2. The Balaban J connectivity index is 1.86. The van der Waals surface area contributed by atoms with Gasteiger partial charge in [-0.3, -0.25) is 9.89 Å². The maximum Gasteiger partial charge on any atom is 0.313 e. The van der Waals surface area contributed by atoms with E-state index in [2.05, 4.69) is 15.2 Å². The first kappa shape index (κ1) is 11.8. The molecule has 0 saturated carbocycles. The van der Waals surface area contributed by atoms with Gasteiger partial charge in [-0.05, 0) is 24.3 Å². The Bertz CT molecular complexity index is 734. The first-order chi connectivity index (χ1) is 9.22. The summed E-state index contributed by atoms with van der Waals surface area (Å²) in [5, 5.41) is 16.8. The number of thioether (sulfide) groups is 1. The van der Waals surface area contributed by atoms with Gasteiger partial charge < -0.3 is 9.52 Å². The number of rotatable bonds is 4. The Labute approximate surface area is 111 Å². The SMILES string of the molecule is O=C(O)CSc1n[nH]c(-c2ccc3occc3c2)n1. The summed E-state index contributed by atoms with van der Waals surface area (Å²) in [6.45, 7) is 0. The maximum atomic E-state index is 10.5. The number of nitrogens with zero attached hydrogens (tertiary/aromatic N) is 2. The fraction of sp³-hybridized carbons (Fsp3) is 0.0833. The lowest BCUT2D eigenvalue weighted by Gasteiger charge is -1.95. The van der Waals surface area contributed by atoms with Crippen LogP contribution in [0.4, 0.5) is 0 Å². The van der Waals surface area contributed by atoms with Crippen LogP contribution >= 0.6 is 11.8 Å². The van der Waals surface area contributed by atoms with Gasteiger partial charge in [0, 0.05) is 10.9 Å².